The van der Waals surface area contributed by atoms with Crippen molar-refractivity contribution in [3.05, 3.63) is 81.7 Å². The van der Waals surface area contributed by atoms with Crippen LogP contribution < -0.4 is 4.74 Å². The topological polar surface area (TPSA) is 78.6 Å². The lowest BCUT2D eigenvalue weighted by Gasteiger charge is -2.13. The first-order valence-corrected chi connectivity index (χ1v) is 10.2. The zero-order valence-electron chi connectivity index (χ0n) is 18.5. The molecule has 0 saturated carbocycles. The average Bonchev–Trinajstić information content (AvgIpc) is 3.06. The van der Waals surface area contributed by atoms with Crippen molar-refractivity contribution in [3.8, 4) is 5.75 Å². The summed E-state index contributed by atoms with van der Waals surface area (Å²) in [5.41, 5.74) is 5.20. The fraction of sp³-hybridized carbons (Fsp3) is 0.320. The summed E-state index contributed by atoms with van der Waals surface area (Å²) in [6.45, 7) is 9.61. The van der Waals surface area contributed by atoms with E-state index in [9.17, 15) is 9.59 Å². The number of rotatable bonds is 8. The predicted molar refractivity (Wildman–Crippen MR) is 116 cm³/mol. The van der Waals surface area contributed by atoms with Crippen LogP contribution in [0.4, 0.5) is 0 Å². The number of hydrogen-bond acceptors (Lipinski definition) is 6. The largest absolute Gasteiger partial charge is 0.489 e. The molecule has 1 atom stereocenters. The molecule has 0 fully saturated rings. The molecule has 1 heterocycles. The van der Waals surface area contributed by atoms with Crippen LogP contribution in [0.15, 0.2) is 47.0 Å². The number of carbonyl (C=O) groups is 2. The molecule has 0 spiro atoms. The number of ketones is 1. The molecule has 3 aromatic rings. The van der Waals surface area contributed by atoms with Crippen LogP contribution in [0.3, 0.4) is 0 Å². The highest BCUT2D eigenvalue weighted by Crippen LogP contribution is 2.19. The van der Waals surface area contributed by atoms with Crippen molar-refractivity contribution in [3.63, 3.8) is 0 Å². The van der Waals surface area contributed by atoms with Crippen molar-refractivity contribution >= 4 is 11.8 Å². The molecule has 1 unspecified atom stereocenters. The third kappa shape index (κ3) is 5.60. The summed E-state index contributed by atoms with van der Waals surface area (Å²) in [5.74, 6) is 0.755. The van der Waals surface area contributed by atoms with E-state index in [1.807, 2.05) is 39.8 Å². The number of Topliss-reactive ketones (excluding diaryl/α,β-unsaturated/α-hetero) is 1. The lowest BCUT2D eigenvalue weighted by Crippen LogP contribution is -2.25. The molecule has 1 aromatic heterocycles. The van der Waals surface area contributed by atoms with E-state index >= 15 is 0 Å². The number of aryl methyl sites for hydroxylation is 4. The fourth-order valence-electron chi connectivity index (χ4n) is 3.16. The summed E-state index contributed by atoms with van der Waals surface area (Å²) >= 11 is 0. The molecule has 0 radical (unpaired) electrons. The van der Waals surface area contributed by atoms with Crippen LogP contribution in [0.5, 0.6) is 5.75 Å². The maximum atomic E-state index is 12.6. The Morgan fingerprint density at radius 3 is 2.32 bits per heavy atom. The van der Waals surface area contributed by atoms with Crippen LogP contribution in [0.25, 0.3) is 0 Å². The van der Waals surface area contributed by atoms with Gasteiger partial charge in [-0.2, -0.15) is 0 Å². The molecule has 0 saturated heterocycles. The van der Waals surface area contributed by atoms with E-state index in [2.05, 4.69) is 5.16 Å². The van der Waals surface area contributed by atoms with Gasteiger partial charge in [-0.05, 0) is 69.5 Å². The second-order valence-corrected chi connectivity index (χ2v) is 7.71. The summed E-state index contributed by atoms with van der Waals surface area (Å²) in [4.78, 5) is 24.9. The molecule has 2 aromatic carbocycles. The first-order chi connectivity index (χ1) is 14.7. The van der Waals surface area contributed by atoms with E-state index in [-0.39, 0.29) is 12.2 Å². The van der Waals surface area contributed by atoms with Crippen LogP contribution in [-0.2, 0) is 22.6 Å². The zero-order chi connectivity index (χ0) is 22.5. The van der Waals surface area contributed by atoms with Crippen molar-refractivity contribution < 1.29 is 23.6 Å². The van der Waals surface area contributed by atoms with Crippen molar-refractivity contribution in [2.75, 3.05) is 0 Å². The van der Waals surface area contributed by atoms with Crippen molar-refractivity contribution in [1.29, 1.82) is 0 Å². The van der Waals surface area contributed by atoms with Gasteiger partial charge in [0.1, 0.15) is 18.1 Å². The average molecular weight is 421 g/mol. The van der Waals surface area contributed by atoms with Gasteiger partial charge < -0.3 is 14.0 Å². The minimum atomic E-state index is -0.840. The Bertz CT molecular complexity index is 1060. The Balaban J connectivity index is 1.53. The fourth-order valence-corrected chi connectivity index (χ4v) is 3.16. The predicted octanol–water partition coefficient (Wildman–Crippen LogP) is 4.84. The molecule has 31 heavy (non-hydrogen) atoms. The van der Waals surface area contributed by atoms with Crippen molar-refractivity contribution in [2.45, 2.75) is 53.8 Å². The highest BCUT2D eigenvalue weighted by Gasteiger charge is 2.20. The third-order valence-corrected chi connectivity index (χ3v) is 5.31. The van der Waals surface area contributed by atoms with Gasteiger partial charge in [0.25, 0.3) is 0 Å². The van der Waals surface area contributed by atoms with Crippen LogP contribution in [0.2, 0.25) is 0 Å². The SMILES string of the molecule is Cc1ccc(C(=O)C(C)OC(=O)Cc2ccc(OCc3c(C)noc3C)cc2)cc1C. The number of esters is 1. The first kappa shape index (κ1) is 22.3. The van der Waals surface area contributed by atoms with Crippen LogP contribution in [0.1, 0.15) is 51.0 Å². The Morgan fingerprint density at radius 2 is 1.71 bits per heavy atom. The van der Waals surface area contributed by atoms with Crippen molar-refractivity contribution in [2.24, 2.45) is 0 Å². The highest BCUT2D eigenvalue weighted by atomic mass is 16.5. The maximum Gasteiger partial charge on any atom is 0.310 e. The summed E-state index contributed by atoms with van der Waals surface area (Å²) in [7, 11) is 0. The van der Waals surface area contributed by atoms with Gasteiger partial charge in [-0.3, -0.25) is 9.59 Å². The van der Waals surface area contributed by atoms with Crippen molar-refractivity contribution in [1.82, 2.24) is 5.16 Å². The minimum Gasteiger partial charge on any atom is -0.489 e. The van der Waals surface area contributed by atoms with Crippen LogP contribution in [-0.4, -0.2) is 23.0 Å². The number of nitrogens with zero attached hydrogens (tertiary/aromatic N) is 1. The maximum absolute atomic E-state index is 12.6. The van der Waals surface area contributed by atoms with Gasteiger partial charge in [0, 0.05) is 5.56 Å². The quantitative estimate of drug-likeness (QED) is 0.382. The van der Waals surface area contributed by atoms with E-state index in [4.69, 9.17) is 14.0 Å². The summed E-state index contributed by atoms with van der Waals surface area (Å²) in [6.07, 6.45) is -0.762. The van der Waals surface area contributed by atoms with E-state index in [1.165, 1.54) is 0 Å². The van der Waals surface area contributed by atoms with E-state index in [0.29, 0.717) is 17.9 Å². The van der Waals surface area contributed by atoms with Gasteiger partial charge in [0.15, 0.2) is 6.10 Å². The molecule has 162 valence electrons. The first-order valence-electron chi connectivity index (χ1n) is 10.2. The molecule has 0 bridgehead atoms. The Labute approximate surface area is 182 Å². The molecule has 6 nitrogen and oxygen atoms in total. The van der Waals surface area contributed by atoms with Crippen LogP contribution >= 0.6 is 0 Å². The molecule has 6 heteroatoms. The normalized spacial score (nSPS) is 11.8. The van der Waals surface area contributed by atoms with Gasteiger partial charge in [-0.25, -0.2) is 0 Å². The summed E-state index contributed by atoms with van der Waals surface area (Å²) < 4.78 is 16.3. The Hall–Kier alpha value is -3.41. The number of aromatic nitrogens is 1. The van der Waals surface area contributed by atoms with Gasteiger partial charge in [-0.1, -0.05) is 29.4 Å². The molecule has 0 N–H and O–H groups in total. The smallest absolute Gasteiger partial charge is 0.310 e. The van der Waals surface area contributed by atoms with E-state index in [1.54, 1.807) is 37.3 Å². The second kappa shape index (κ2) is 9.60. The third-order valence-electron chi connectivity index (χ3n) is 5.31. The number of hydrogen-bond donors (Lipinski definition) is 0. The molecule has 3 rings (SSSR count). The molecule has 0 aliphatic rings. The van der Waals surface area contributed by atoms with Gasteiger partial charge in [0.2, 0.25) is 5.78 Å². The van der Waals surface area contributed by atoms with Crippen LogP contribution in [0, 0.1) is 27.7 Å². The number of benzene rings is 2. The molecule has 0 aliphatic carbocycles. The lowest BCUT2D eigenvalue weighted by atomic mass is 10.0. The van der Waals surface area contributed by atoms with E-state index in [0.717, 1.165) is 33.7 Å². The van der Waals surface area contributed by atoms with E-state index < -0.39 is 12.1 Å². The number of carbonyl (C=O) groups excluding carboxylic acids is 2. The van der Waals surface area contributed by atoms with Gasteiger partial charge in [0.05, 0.1) is 17.7 Å². The monoisotopic (exact) mass is 421 g/mol. The summed E-state index contributed by atoms with van der Waals surface area (Å²) in [5, 5.41) is 3.91. The minimum absolute atomic E-state index is 0.0781. The number of ether oxygens (including phenoxy) is 2. The standard InChI is InChI=1S/C25H27NO5/c1-15-6-9-21(12-16(15)2)25(28)19(5)30-24(27)13-20-7-10-22(11-8-20)29-14-23-17(3)26-31-18(23)4/h6-12,19H,13-14H2,1-5H3. The zero-order valence-corrected chi connectivity index (χ0v) is 18.5. The molecule has 0 aliphatic heterocycles. The summed E-state index contributed by atoms with van der Waals surface area (Å²) in [6, 6.07) is 12.7. The molecule has 0 amide bonds. The Morgan fingerprint density at radius 1 is 1.00 bits per heavy atom. The second-order valence-electron chi connectivity index (χ2n) is 7.71. The lowest BCUT2D eigenvalue weighted by molar-refractivity contribution is -0.145. The molecular weight excluding hydrogens is 394 g/mol. The Kier molecular flexibility index (Phi) is 6.90. The molecular formula is C25H27NO5. The van der Waals surface area contributed by atoms with Gasteiger partial charge in [-0.15, -0.1) is 0 Å². The van der Waals surface area contributed by atoms with Gasteiger partial charge >= 0.3 is 5.97 Å². The highest BCUT2D eigenvalue weighted by molar-refractivity contribution is 6.00.